The minimum Gasteiger partial charge on any atom is -0.491 e. The van der Waals surface area contributed by atoms with Gasteiger partial charge in [0.25, 0.3) is 5.56 Å². The fourth-order valence-corrected chi connectivity index (χ4v) is 3.59. The fraction of sp³-hybridized carbons (Fsp3) is 0.240. The monoisotopic (exact) mass is 415 g/mol. The molecule has 2 aromatic heterocycles. The first-order valence-corrected chi connectivity index (χ1v) is 10.2. The van der Waals surface area contributed by atoms with E-state index >= 15 is 0 Å². The average Bonchev–Trinajstić information content (AvgIpc) is 2.80. The van der Waals surface area contributed by atoms with E-state index in [9.17, 15) is 9.90 Å². The van der Waals surface area contributed by atoms with Gasteiger partial charge in [-0.2, -0.15) is 0 Å². The van der Waals surface area contributed by atoms with E-state index in [2.05, 4.69) is 35.9 Å². The van der Waals surface area contributed by atoms with Crippen LogP contribution in [0.1, 0.15) is 25.0 Å². The number of pyridine rings is 1. The van der Waals surface area contributed by atoms with Gasteiger partial charge in [0, 0.05) is 11.6 Å². The number of ether oxygens (including phenoxy) is 1. The van der Waals surface area contributed by atoms with Gasteiger partial charge in [-0.05, 0) is 35.4 Å². The molecule has 31 heavy (non-hydrogen) atoms. The maximum absolute atomic E-state index is 12.5. The van der Waals surface area contributed by atoms with Crippen LogP contribution in [0.2, 0.25) is 0 Å². The molecule has 6 nitrogen and oxygen atoms in total. The van der Waals surface area contributed by atoms with Gasteiger partial charge in [0.2, 0.25) is 0 Å². The highest BCUT2D eigenvalue weighted by atomic mass is 16.5. The number of benzene rings is 2. The number of fused-ring (bicyclic) bond motifs is 1. The van der Waals surface area contributed by atoms with Crippen LogP contribution >= 0.6 is 0 Å². The molecule has 6 heteroatoms. The van der Waals surface area contributed by atoms with Crippen LogP contribution < -0.4 is 10.3 Å². The molecule has 2 aromatic carbocycles. The van der Waals surface area contributed by atoms with Gasteiger partial charge in [0.1, 0.15) is 24.8 Å². The van der Waals surface area contributed by atoms with Gasteiger partial charge >= 0.3 is 0 Å². The summed E-state index contributed by atoms with van der Waals surface area (Å²) >= 11 is 0. The second kappa shape index (κ2) is 8.70. The molecular formula is C25H25N3O3. The Balaban J connectivity index is 1.39. The number of aliphatic hydroxyl groups excluding tert-OH is 1. The number of hydrogen-bond donors (Lipinski definition) is 1. The summed E-state index contributed by atoms with van der Waals surface area (Å²) in [5, 5.41) is 10.8. The van der Waals surface area contributed by atoms with Crippen molar-refractivity contribution in [1.29, 1.82) is 0 Å². The normalized spacial score (nSPS) is 12.6. The summed E-state index contributed by atoms with van der Waals surface area (Å²) in [5.74, 6) is 0.667. The van der Waals surface area contributed by atoms with Crippen molar-refractivity contribution in [2.75, 3.05) is 6.61 Å². The highest BCUT2D eigenvalue weighted by molar-refractivity contribution is 5.72. The van der Waals surface area contributed by atoms with Crippen molar-refractivity contribution in [3.63, 3.8) is 0 Å². The first-order chi connectivity index (χ1) is 14.9. The second-order valence-corrected chi connectivity index (χ2v) is 8.06. The van der Waals surface area contributed by atoms with Gasteiger partial charge in [0.15, 0.2) is 5.65 Å². The first kappa shape index (κ1) is 20.8. The van der Waals surface area contributed by atoms with Gasteiger partial charge in [-0.1, -0.05) is 56.3 Å². The van der Waals surface area contributed by atoms with Crippen molar-refractivity contribution in [1.82, 2.24) is 14.5 Å². The highest BCUT2D eigenvalue weighted by Gasteiger charge is 2.22. The number of nitrogens with zero attached hydrogens (tertiary/aromatic N) is 3. The molecule has 0 amide bonds. The number of aromatic nitrogens is 3. The molecule has 1 N–H and O–H groups in total. The van der Waals surface area contributed by atoms with E-state index in [1.54, 1.807) is 18.3 Å². The molecule has 1 atom stereocenters. The molecule has 0 spiro atoms. The van der Waals surface area contributed by atoms with E-state index in [1.807, 2.05) is 42.5 Å². The lowest BCUT2D eigenvalue weighted by molar-refractivity contribution is 0.0914. The Morgan fingerprint density at radius 2 is 1.68 bits per heavy atom. The van der Waals surface area contributed by atoms with Gasteiger partial charge in [0.05, 0.1) is 11.9 Å². The van der Waals surface area contributed by atoms with Gasteiger partial charge in [-0.3, -0.25) is 9.36 Å². The van der Waals surface area contributed by atoms with E-state index in [0.29, 0.717) is 16.8 Å². The Morgan fingerprint density at radius 1 is 0.968 bits per heavy atom. The van der Waals surface area contributed by atoms with E-state index < -0.39 is 6.10 Å². The maximum atomic E-state index is 12.5. The third kappa shape index (κ3) is 4.49. The topological polar surface area (TPSA) is 77.2 Å². The van der Waals surface area contributed by atoms with Crippen molar-refractivity contribution in [3.05, 3.63) is 101 Å². The Morgan fingerprint density at radius 3 is 2.42 bits per heavy atom. The van der Waals surface area contributed by atoms with E-state index in [-0.39, 0.29) is 24.1 Å². The molecule has 2 heterocycles. The molecule has 4 aromatic rings. The quantitative estimate of drug-likeness (QED) is 0.499. The molecular weight excluding hydrogens is 390 g/mol. The molecule has 0 aliphatic rings. The fourth-order valence-electron chi connectivity index (χ4n) is 3.59. The zero-order valence-corrected chi connectivity index (χ0v) is 17.6. The van der Waals surface area contributed by atoms with Gasteiger partial charge in [-0.25, -0.2) is 9.97 Å². The van der Waals surface area contributed by atoms with Crippen LogP contribution in [0.5, 0.6) is 5.75 Å². The first-order valence-electron chi connectivity index (χ1n) is 10.2. The van der Waals surface area contributed by atoms with Crippen molar-refractivity contribution < 1.29 is 9.84 Å². The van der Waals surface area contributed by atoms with E-state index in [4.69, 9.17) is 4.74 Å². The van der Waals surface area contributed by atoms with Crippen molar-refractivity contribution in [3.8, 4) is 5.75 Å². The summed E-state index contributed by atoms with van der Waals surface area (Å²) in [4.78, 5) is 20.8. The van der Waals surface area contributed by atoms with Crippen LogP contribution in [0.25, 0.3) is 11.0 Å². The predicted octanol–water partition coefficient (Wildman–Crippen LogP) is 3.56. The largest absolute Gasteiger partial charge is 0.491 e. The summed E-state index contributed by atoms with van der Waals surface area (Å²) in [6.07, 6.45) is 2.14. The second-order valence-electron chi connectivity index (χ2n) is 8.06. The highest BCUT2D eigenvalue weighted by Crippen LogP contribution is 2.32. The summed E-state index contributed by atoms with van der Waals surface area (Å²) in [6, 6.07) is 21.6. The average molecular weight is 415 g/mol. The van der Waals surface area contributed by atoms with E-state index in [1.165, 1.54) is 22.0 Å². The third-order valence-corrected chi connectivity index (χ3v) is 5.52. The zero-order chi connectivity index (χ0) is 21.8. The lowest BCUT2D eigenvalue weighted by Gasteiger charge is -2.26. The molecule has 4 rings (SSSR count). The Labute approximate surface area is 180 Å². The standard InChI is InChI=1S/C25H25N3O3/c1-25(2,18-7-4-3-5-8-18)19-10-12-21(13-11-19)31-16-20(29)15-28-17-27-23-22(24(28)30)9-6-14-26-23/h3-14,17,20,29H,15-16H2,1-2H3/t20-/m0/s1. The van der Waals surface area contributed by atoms with Crippen LogP contribution in [-0.2, 0) is 12.0 Å². The number of aliphatic hydroxyl groups is 1. The smallest absolute Gasteiger partial charge is 0.262 e. The molecule has 0 saturated carbocycles. The molecule has 0 bridgehead atoms. The summed E-state index contributed by atoms with van der Waals surface area (Å²) < 4.78 is 7.12. The molecule has 0 fully saturated rings. The van der Waals surface area contributed by atoms with Crippen molar-refractivity contribution in [2.45, 2.75) is 31.9 Å². The summed E-state index contributed by atoms with van der Waals surface area (Å²) in [7, 11) is 0. The van der Waals surface area contributed by atoms with Crippen molar-refractivity contribution in [2.24, 2.45) is 0 Å². The Hall–Kier alpha value is -3.51. The third-order valence-electron chi connectivity index (χ3n) is 5.52. The molecule has 158 valence electrons. The zero-order valence-electron chi connectivity index (χ0n) is 17.6. The van der Waals surface area contributed by atoms with Crippen LogP contribution in [0.4, 0.5) is 0 Å². The number of hydrogen-bond acceptors (Lipinski definition) is 5. The lowest BCUT2D eigenvalue weighted by atomic mass is 9.78. The molecule has 0 aliphatic carbocycles. The van der Waals surface area contributed by atoms with E-state index in [0.717, 1.165) is 0 Å². The summed E-state index contributed by atoms with van der Waals surface area (Å²) in [5.41, 5.74) is 2.45. The Bertz CT molecular complexity index is 1220. The van der Waals surface area contributed by atoms with Crippen LogP contribution in [-0.4, -0.2) is 32.4 Å². The molecule has 0 aliphatic heterocycles. The van der Waals surface area contributed by atoms with Gasteiger partial charge < -0.3 is 9.84 Å². The summed E-state index contributed by atoms with van der Waals surface area (Å²) in [6.45, 7) is 4.54. The molecule has 0 radical (unpaired) electrons. The van der Waals surface area contributed by atoms with Gasteiger partial charge in [-0.15, -0.1) is 0 Å². The van der Waals surface area contributed by atoms with Crippen LogP contribution in [0, 0.1) is 0 Å². The number of rotatable bonds is 7. The minimum atomic E-state index is -0.853. The van der Waals surface area contributed by atoms with Crippen molar-refractivity contribution >= 4 is 11.0 Å². The Kier molecular flexibility index (Phi) is 5.82. The minimum absolute atomic E-state index is 0.0684. The van der Waals surface area contributed by atoms with Crippen LogP contribution in [0.15, 0.2) is 84.0 Å². The van der Waals surface area contributed by atoms with Crippen LogP contribution in [0.3, 0.4) is 0 Å². The molecule has 0 saturated heterocycles. The maximum Gasteiger partial charge on any atom is 0.262 e. The SMILES string of the molecule is CC(C)(c1ccccc1)c1ccc(OC[C@@H](O)Cn2cnc3ncccc3c2=O)cc1. The predicted molar refractivity (Wildman–Crippen MR) is 120 cm³/mol. The lowest BCUT2D eigenvalue weighted by Crippen LogP contribution is -2.30. The molecule has 0 unspecified atom stereocenters.